The predicted molar refractivity (Wildman–Crippen MR) is 58.1 cm³/mol. The number of nitrogens with zero attached hydrogens (tertiary/aromatic N) is 1. The highest BCUT2D eigenvalue weighted by Gasteiger charge is 2.22. The molecule has 1 aliphatic rings. The summed E-state index contributed by atoms with van der Waals surface area (Å²) in [6.45, 7) is 10.3. The molecule has 3 nitrogen and oxygen atoms in total. The quantitative estimate of drug-likeness (QED) is 0.684. The lowest BCUT2D eigenvalue weighted by molar-refractivity contribution is -0.131. The van der Waals surface area contributed by atoms with E-state index in [1.165, 1.54) is 0 Å². The van der Waals surface area contributed by atoms with E-state index in [-0.39, 0.29) is 11.9 Å². The SMILES string of the molecule is C=C(C)CNC(C)C(=O)N1CCCC1. The number of nitrogens with one attached hydrogen (secondary N) is 1. The number of hydrogen-bond donors (Lipinski definition) is 1. The molecule has 0 aromatic carbocycles. The fourth-order valence-electron chi connectivity index (χ4n) is 1.63. The molecule has 0 bridgehead atoms. The van der Waals surface area contributed by atoms with Crippen molar-refractivity contribution in [2.75, 3.05) is 19.6 Å². The van der Waals surface area contributed by atoms with Crippen LogP contribution in [0.25, 0.3) is 0 Å². The van der Waals surface area contributed by atoms with Crippen LogP contribution >= 0.6 is 0 Å². The summed E-state index contributed by atoms with van der Waals surface area (Å²) in [6.07, 6.45) is 2.30. The second-order valence-corrected chi connectivity index (χ2v) is 4.09. The molecule has 1 fully saturated rings. The van der Waals surface area contributed by atoms with Crippen molar-refractivity contribution in [2.24, 2.45) is 0 Å². The van der Waals surface area contributed by atoms with Crippen molar-refractivity contribution in [1.82, 2.24) is 10.2 Å². The van der Waals surface area contributed by atoms with Crippen molar-refractivity contribution < 1.29 is 4.79 Å². The summed E-state index contributed by atoms with van der Waals surface area (Å²) in [5.74, 6) is 0.226. The third-order valence-electron chi connectivity index (χ3n) is 2.50. The van der Waals surface area contributed by atoms with Crippen LogP contribution in [0.2, 0.25) is 0 Å². The Hall–Kier alpha value is -0.830. The number of rotatable bonds is 4. The first-order valence-corrected chi connectivity index (χ1v) is 5.28. The number of carbonyl (C=O) groups is 1. The highest BCUT2D eigenvalue weighted by atomic mass is 16.2. The van der Waals surface area contributed by atoms with Gasteiger partial charge in [-0.2, -0.15) is 0 Å². The van der Waals surface area contributed by atoms with E-state index in [9.17, 15) is 4.79 Å². The predicted octanol–water partition coefficient (Wildman–Crippen LogP) is 1.16. The standard InChI is InChI=1S/C11H20N2O/c1-9(2)8-12-10(3)11(14)13-6-4-5-7-13/h10,12H,1,4-8H2,2-3H3. The minimum absolute atomic E-state index is 0.0789. The van der Waals surface area contributed by atoms with Crippen LogP contribution in [0.5, 0.6) is 0 Å². The first-order valence-electron chi connectivity index (χ1n) is 5.28. The molecule has 1 aliphatic heterocycles. The van der Waals surface area contributed by atoms with Crippen molar-refractivity contribution in [3.8, 4) is 0 Å². The lowest BCUT2D eigenvalue weighted by atomic mass is 10.2. The molecular formula is C11H20N2O. The van der Waals surface area contributed by atoms with Gasteiger partial charge in [0.25, 0.3) is 0 Å². The van der Waals surface area contributed by atoms with Gasteiger partial charge in [0.05, 0.1) is 6.04 Å². The topological polar surface area (TPSA) is 32.3 Å². The van der Waals surface area contributed by atoms with E-state index in [1.54, 1.807) is 0 Å². The summed E-state index contributed by atoms with van der Waals surface area (Å²) < 4.78 is 0. The molecule has 14 heavy (non-hydrogen) atoms. The maximum Gasteiger partial charge on any atom is 0.239 e. The van der Waals surface area contributed by atoms with Gasteiger partial charge in [-0.05, 0) is 26.7 Å². The van der Waals surface area contributed by atoms with Crippen LogP contribution in [0, 0.1) is 0 Å². The Bertz CT molecular complexity index is 219. The number of hydrogen-bond acceptors (Lipinski definition) is 2. The van der Waals surface area contributed by atoms with Crippen LogP contribution in [-0.4, -0.2) is 36.5 Å². The van der Waals surface area contributed by atoms with Crippen molar-refractivity contribution in [1.29, 1.82) is 0 Å². The molecule has 0 aromatic heterocycles. The summed E-state index contributed by atoms with van der Waals surface area (Å²) in [5, 5.41) is 3.17. The first-order chi connectivity index (χ1) is 6.61. The fourth-order valence-corrected chi connectivity index (χ4v) is 1.63. The minimum atomic E-state index is -0.0789. The zero-order valence-electron chi connectivity index (χ0n) is 9.18. The van der Waals surface area contributed by atoms with Gasteiger partial charge in [0.1, 0.15) is 0 Å². The van der Waals surface area contributed by atoms with Crippen molar-refractivity contribution >= 4 is 5.91 Å². The van der Waals surface area contributed by atoms with Gasteiger partial charge < -0.3 is 10.2 Å². The summed E-state index contributed by atoms with van der Waals surface area (Å²) in [5.41, 5.74) is 1.06. The van der Waals surface area contributed by atoms with Crippen LogP contribution in [0.4, 0.5) is 0 Å². The fraction of sp³-hybridized carbons (Fsp3) is 0.727. The summed E-state index contributed by atoms with van der Waals surface area (Å²) >= 11 is 0. The normalized spacial score (nSPS) is 18.3. The van der Waals surface area contributed by atoms with Crippen LogP contribution in [0.15, 0.2) is 12.2 Å². The smallest absolute Gasteiger partial charge is 0.239 e. The first kappa shape index (κ1) is 11.2. The molecule has 1 rings (SSSR count). The monoisotopic (exact) mass is 196 g/mol. The highest BCUT2D eigenvalue weighted by molar-refractivity contribution is 5.81. The number of amides is 1. The molecule has 1 N–H and O–H groups in total. The molecule has 80 valence electrons. The van der Waals surface area contributed by atoms with Crippen LogP contribution in [0.1, 0.15) is 26.7 Å². The maximum atomic E-state index is 11.8. The molecule has 1 unspecified atom stereocenters. The molecule has 0 aliphatic carbocycles. The van der Waals surface area contributed by atoms with Gasteiger partial charge in [-0.15, -0.1) is 0 Å². The zero-order valence-corrected chi connectivity index (χ0v) is 9.18. The molecule has 1 amide bonds. The molecule has 1 atom stereocenters. The van der Waals surface area contributed by atoms with Crippen LogP contribution < -0.4 is 5.32 Å². The van der Waals surface area contributed by atoms with Gasteiger partial charge >= 0.3 is 0 Å². The Morgan fingerprint density at radius 3 is 2.57 bits per heavy atom. The third-order valence-corrected chi connectivity index (χ3v) is 2.50. The van der Waals surface area contributed by atoms with Gasteiger partial charge in [0.2, 0.25) is 5.91 Å². The lowest BCUT2D eigenvalue weighted by Crippen LogP contribution is -2.44. The van der Waals surface area contributed by atoms with Gasteiger partial charge in [-0.1, -0.05) is 12.2 Å². The molecule has 0 saturated carbocycles. The maximum absolute atomic E-state index is 11.8. The van der Waals surface area contributed by atoms with Gasteiger partial charge in [0.15, 0.2) is 0 Å². The van der Waals surface area contributed by atoms with Gasteiger partial charge in [-0.3, -0.25) is 4.79 Å². The third kappa shape index (κ3) is 3.14. The molecule has 0 aromatic rings. The van der Waals surface area contributed by atoms with E-state index in [0.717, 1.165) is 38.0 Å². The Balaban J connectivity index is 2.31. The average molecular weight is 196 g/mol. The number of likely N-dealkylation sites (tertiary alicyclic amines) is 1. The largest absolute Gasteiger partial charge is 0.341 e. The molecule has 1 saturated heterocycles. The van der Waals surface area contributed by atoms with E-state index in [4.69, 9.17) is 0 Å². The number of carbonyl (C=O) groups excluding carboxylic acids is 1. The molecular weight excluding hydrogens is 176 g/mol. The highest BCUT2D eigenvalue weighted by Crippen LogP contribution is 2.08. The van der Waals surface area contributed by atoms with E-state index >= 15 is 0 Å². The van der Waals surface area contributed by atoms with Crippen LogP contribution in [-0.2, 0) is 4.79 Å². The Morgan fingerprint density at radius 1 is 1.50 bits per heavy atom. The zero-order chi connectivity index (χ0) is 10.6. The summed E-state index contributed by atoms with van der Waals surface area (Å²) in [4.78, 5) is 13.7. The minimum Gasteiger partial charge on any atom is -0.341 e. The van der Waals surface area contributed by atoms with Gasteiger partial charge in [-0.25, -0.2) is 0 Å². The molecule has 3 heteroatoms. The van der Waals surface area contributed by atoms with E-state index in [0.29, 0.717) is 0 Å². The molecule has 1 heterocycles. The average Bonchev–Trinajstić information content (AvgIpc) is 2.65. The van der Waals surface area contributed by atoms with E-state index in [1.807, 2.05) is 18.7 Å². The Morgan fingerprint density at radius 2 is 2.07 bits per heavy atom. The second-order valence-electron chi connectivity index (χ2n) is 4.09. The van der Waals surface area contributed by atoms with Crippen molar-refractivity contribution in [2.45, 2.75) is 32.7 Å². The van der Waals surface area contributed by atoms with Crippen molar-refractivity contribution in [3.63, 3.8) is 0 Å². The molecule has 0 spiro atoms. The Labute approximate surface area is 86.2 Å². The van der Waals surface area contributed by atoms with Crippen LogP contribution in [0.3, 0.4) is 0 Å². The summed E-state index contributed by atoms with van der Waals surface area (Å²) in [7, 11) is 0. The van der Waals surface area contributed by atoms with Gasteiger partial charge in [0, 0.05) is 19.6 Å². The Kier molecular flexibility index (Phi) is 4.14. The van der Waals surface area contributed by atoms with E-state index < -0.39 is 0 Å². The summed E-state index contributed by atoms with van der Waals surface area (Å²) in [6, 6.07) is -0.0789. The molecule has 0 radical (unpaired) electrons. The van der Waals surface area contributed by atoms with Crippen molar-refractivity contribution in [3.05, 3.63) is 12.2 Å². The second kappa shape index (κ2) is 5.15. The van der Waals surface area contributed by atoms with E-state index in [2.05, 4.69) is 11.9 Å². The lowest BCUT2D eigenvalue weighted by Gasteiger charge is -2.21.